The number of hydrogen-bond donors (Lipinski definition) is 3. The number of thiophene rings is 1. The maximum atomic E-state index is 13.4. The van der Waals surface area contributed by atoms with E-state index in [2.05, 4.69) is 32.4 Å². The smallest absolute Gasteiger partial charge is 0.270 e. The Bertz CT molecular complexity index is 1460. The lowest BCUT2D eigenvalue weighted by Crippen LogP contribution is -2.48. The standard InChI is InChI=1S/C28H29N7O2S/c1-20(36)29-11-12-30-26-23-19-24(31-27(23)33-25(32-26)21-7-3-2-4-8-21)28(37)35-16-14-34(15-17-35)13-5-9-22-10-6-18-38-22/h2-4,6-8,10,18-19H,11-17H2,1H3,(H,29,36)(H2,30,31,32,33). The van der Waals surface area contributed by atoms with Crippen molar-refractivity contribution in [2.75, 3.05) is 51.1 Å². The van der Waals surface area contributed by atoms with Crippen molar-refractivity contribution in [3.8, 4) is 23.2 Å². The summed E-state index contributed by atoms with van der Waals surface area (Å²) in [6.45, 7) is 5.95. The molecule has 1 aliphatic heterocycles. The SMILES string of the molecule is CC(=O)NCCNc1nc(-c2ccccc2)nc2[nH]c(C(=O)N3CCN(CC#Cc4cccs4)CC3)cc12. The van der Waals surface area contributed by atoms with Crippen molar-refractivity contribution >= 4 is 40.0 Å². The number of amides is 2. The molecule has 1 saturated heterocycles. The van der Waals surface area contributed by atoms with Crippen molar-refractivity contribution in [1.29, 1.82) is 0 Å². The summed E-state index contributed by atoms with van der Waals surface area (Å²) in [6, 6.07) is 15.5. The Kier molecular flexibility index (Phi) is 7.97. The van der Waals surface area contributed by atoms with E-state index >= 15 is 0 Å². The van der Waals surface area contributed by atoms with E-state index in [0.717, 1.165) is 28.9 Å². The molecule has 0 spiro atoms. The molecule has 3 aromatic heterocycles. The van der Waals surface area contributed by atoms with Gasteiger partial charge in [0.2, 0.25) is 5.91 Å². The van der Waals surface area contributed by atoms with Crippen molar-refractivity contribution in [2.24, 2.45) is 0 Å². The number of hydrogen-bond acceptors (Lipinski definition) is 7. The van der Waals surface area contributed by atoms with Gasteiger partial charge in [-0.3, -0.25) is 14.5 Å². The predicted octanol–water partition coefficient (Wildman–Crippen LogP) is 3.04. The quantitative estimate of drug-likeness (QED) is 0.252. The molecule has 1 fully saturated rings. The summed E-state index contributed by atoms with van der Waals surface area (Å²) in [5, 5.41) is 8.83. The monoisotopic (exact) mass is 527 g/mol. The molecule has 38 heavy (non-hydrogen) atoms. The molecule has 1 aromatic carbocycles. The summed E-state index contributed by atoms with van der Waals surface area (Å²) in [7, 11) is 0. The molecule has 2 amide bonds. The zero-order chi connectivity index (χ0) is 26.3. The summed E-state index contributed by atoms with van der Waals surface area (Å²) in [5.74, 6) is 7.45. The topological polar surface area (TPSA) is 106 Å². The Morgan fingerprint density at radius 3 is 2.61 bits per heavy atom. The highest BCUT2D eigenvalue weighted by molar-refractivity contribution is 7.10. The molecular formula is C28H29N7O2S. The lowest BCUT2D eigenvalue weighted by atomic mass is 10.2. The molecule has 194 valence electrons. The van der Waals surface area contributed by atoms with E-state index in [-0.39, 0.29) is 11.8 Å². The van der Waals surface area contributed by atoms with Crippen LogP contribution in [0.1, 0.15) is 22.3 Å². The number of carbonyl (C=O) groups is 2. The van der Waals surface area contributed by atoms with Crippen LogP contribution in [0.2, 0.25) is 0 Å². The Morgan fingerprint density at radius 2 is 1.87 bits per heavy atom. The zero-order valence-electron chi connectivity index (χ0n) is 21.2. The molecule has 0 atom stereocenters. The predicted molar refractivity (Wildman–Crippen MR) is 150 cm³/mol. The Balaban J connectivity index is 1.30. The maximum absolute atomic E-state index is 13.4. The van der Waals surface area contributed by atoms with Gasteiger partial charge in [0.05, 0.1) is 16.8 Å². The normalized spacial score (nSPS) is 13.7. The van der Waals surface area contributed by atoms with Crippen LogP contribution in [0.25, 0.3) is 22.4 Å². The molecule has 0 unspecified atom stereocenters. The second-order valence-corrected chi connectivity index (χ2v) is 9.91. The van der Waals surface area contributed by atoms with Gasteiger partial charge in [0.1, 0.15) is 17.2 Å². The third kappa shape index (κ3) is 6.19. The Hall–Kier alpha value is -4.20. The van der Waals surface area contributed by atoms with Crippen molar-refractivity contribution in [1.82, 2.24) is 30.1 Å². The molecule has 0 saturated carbocycles. The lowest BCUT2D eigenvalue weighted by molar-refractivity contribution is -0.118. The Morgan fingerprint density at radius 1 is 1.05 bits per heavy atom. The largest absolute Gasteiger partial charge is 0.368 e. The number of nitrogens with one attached hydrogen (secondary N) is 3. The Labute approximate surface area is 225 Å². The summed E-state index contributed by atoms with van der Waals surface area (Å²) >= 11 is 1.64. The first-order valence-electron chi connectivity index (χ1n) is 12.6. The zero-order valence-corrected chi connectivity index (χ0v) is 22.0. The minimum absolute atomic E-state index is 0.0576. The first-order valence-corrected chi connectivity index (χ1v) is 13.4. The molecule has 0 radical (unpaired) electrons. The number of fused-ring (bicyclic) bond motifs is 1. The van der Waals surface area contributed by atoms with Gasteiger partial charge in [0.25, 0.3) is 5.91 Å². The average Bonchev–Trinajstić information content (AvgIpc) is 3.62. The number of nitrogens with zero attached hydrogens (tertiary/aromatic N) is 4. The molecule has 4 heterocycles. The number of piperazine rings is 1. The van der Waals surface area contributed by atoms with E-state index in [0.29, 0.717) is 55.7 Å². The number of anilines is 1. The summed E-state index contributed by atoms with van der Waals surface area (Å²) in [4.78, 5) is 42.5. The van der Waals surface area contributed by atoms with Gasteiger partial charge in [0.15, 0.2) is 5.82 Å². The van der Waals surface area contributed by atoms with Crippen LogP contribution in [0.15, 0.2) is 53.9 Å². The fourth-order valence-corrected chi connectivity index (χ4v) is 4.85. The third-order valence-corrected chi connectivity index (χ3v) is 7.02. The van der Waals surface area contributed by atoms with E-state index < -0.39 is 0 Å². The van der Waals surface area contributed by atoms with Gasteiger partial charge >= 0.3 is 0 Å². The molecule has 9 nitrogen and oxygen atoms in total. The molecule has 0 aliphatic carbocycles. The third-order valence-electron chi connectivity index (χ3n) is 6.24. The van der Waals surface area contributed by atoms with Crippen LogP contribution in [0, 0.1) is 11.8 Å². The molecule has 5 rings (SSSR count). The summed E-state index contributed by atoms with van der Waals surface area (Å²) in [5.41, 5.74) is 1.95. The van der Waals surface area contributed by atoms with E-state index in [1.54, 1.807) is 11.3 Å². The van der Waals surface area contributed by atoms with Crippen LogP contribution in [0.5, 0.6) is 0 Å². The fourth-order valence-electron chi connectivity index (χ4n) is 4.26. The van der Waals surface area contributed by atoms with Crippen LogP contribution in [-0.4, -0.2) is 82.4 Å². The number of aromatic nitrogens is 3. The van der Waals surface area contributed by atoms with Gasteiger partial charge < -0.3 is 20.5 Å². The summed E-state index contributed by atoms with van der Waals surface area (Å²) < 4.78 is 0. The number of benzene rings is 1. The molecule has 0 bridgehead atoms. The van der Waals surface area contributed by atoms with Crippen LogP contribution in [0.3, 0.4) is 0 Å². The van der Waals surface area contributed by atoms with E-state index in [4.69, 9.17) is 9.97 Å². The summed E-state index contributed by atoms with van der Waals surface area (Å²) in [6.07, 6.45) is 0. The minimum atomic E-state index is -0.0891. The molecule has 1 aliphatic rings. The first-order chi connectivity index (χ1) is 18.6. The fraction of sp³-hybridized carbons (Fsp3) is 0.286. The van der Waals surface area contributed by atoms with Gasteiger partial charge in [-0.05, 0) is 17.5 Å². The molecular weight excluding hydrogens is 498 g/mol. The number of rotatable bonds is 7. The van der Waals surface area contributed by atoms with Crippen molar-refractivity contribution in [3.63, 3.8) is 0 Å². The van der Waals surface area contributed by atoms with Crippen LogP contribution in [0.4, 0.5) is 5.82 Å². The molecule has 4 aromatic rings. The second-order valence-electron chi connectivity index (χ2n) is 8.96. The van der Waals surface area contributed by atoms with E-state index in [1.807, 2.05) is 58.8 Å². The van der Waals surface area contributed by atoms with Gasteiger partial charge in [-0.2, -0.15) is 0 Å². The van der Waals surface area contributed by atoms with Crippen molar-refractivity contribution in [2.45, 2.75) is 6.92 Å². The minimum Gasteiger partial charge on any atom is -0.368 e. The van der Waals surface area contributed by atoms with Crippen LogP contribution < -0.4 is 10.6 Å². The first kappa shape index (κ1) is 25.4. The average molecular weight is 528 g/mol. The highest BCUT2D eigenvalue weighted by Crippen LogP contribution is 2.26. The van der Waals surface area contributed by atoms with Gasteiger partial charge in [-0.15, -0.1) is 11.3 Å². The number of aromatic amines is 1. The van der Waals surface area contributed by atoms with Gasteiger partial charge in [-0.25, -0.2) is 9.97 Å². The van der Waals surface area contributed by atoms with E-state index in [9.17, 15) is 9.59 Å². The van der Waals surface area contributed by atoms with Crippen LogP contribution in [-0.2, 0) is 4.79 Å². The van der Waals surface area contributed by atoms with Crippen molar-refractivity contribution < 1.29 is 9.59 Å². The maximum Gasteiger partial charge on any atom is 0.270 e. The van der Waals surface area contributed by atoms with Crippen molar-refractivity contribution in [3.05, 3.63) is 64.5 Å². The highest BCUT2D eigenvalue weighted by atomic mass is 32.1. The number of carbonyl (C=O) groups excluding carboxylic acids is 2. The lowest BCUT2D eigenvalue weighted by Gasteiger charge is -2.33. The van der Waals surface area contributed by atoms with E-state index in [1.165, 1.54) is 6.92 Å². The number of H-pyrrole nitrogens is 1. The van der Waals surface area contributed by atoms with Gasteiger partial charge in [0, 0.05) is 51.8 Å². The second kappa shape index (κ2) is 11.9. The highest BCUT2D eigenvalue weighted by Gasteiger charge is 2.24. The van der Waals surface area contributed by atoms with Gasteiger partial charge in [-0.1, -0.05) is 48.2 Å². The molecule has 3 N–H and O–H groups in total. The molecule has 10 heteroatoms. The van der Waals surface area contributed by atoms with Crippen LogP contribution >= 0.6 is 11.3 Å².